The minimum Gasteiger partial charge on any atom is -0.275 e. The molecule has 0 aliphatic heterocycles. The molecular weight excluding hydrogens is 244 g/mol. The topological polar surface area (TPSA) is 30.0 Å². The first-order chi connectivity index (χ1) is 5.52. The van der Waals surface area contributed by atoms with Crippen molar-refractivity contribution in [1.29, 1.82) is 0 Å². The Bertz CT molecular complexity index is 339. The maximum Gasteiger partial charge on any atom is 0.255 e. The molecule has 0 aliphatic carbocycles. The van der Waals surface area contributed by atoms with Crippen LogP contribution in [0.1, 0.15) is 10.4 Å². The third-order valence-electron chi connectivity index (χ3n) is 1.10. The summed E-state index contributed by atoms with van der Waals surface area (Å²) >= 11 is 21.8. The van der Waals surface area contributed by atoms with Crippen LogP contribution in [0.4, 0.5) is 0 Å². The van der Waals surface area contributed by atoms with Gasteiger partial charge in [0.05, 0.1) is 10.6 Å². The zero-order valence-corrected chi connectivity index (χ0v) is 8.47. The first-order valence-electron chi connectivity index (χ1n) is 2.73. The van der Waals surface area contributed by atoms with Crippen molar-refractivity contribution in [3.05, 3.63) is 27.0 Å². The summed E-state index contributed by atoms with van der Waals surface area (Å²) in [5.41, 5.74) is 0.0488. The van der Waals surface area contributed by atoms with E-state index >= 15 is 0 Å². The minimum absolute atomic E-state index is 0.0448. The van der Waals surface area contributed by atoms with E-state index in [0.717, 1.165) is 0 Å². The highest BCUT2D eigenvalue weighted by Gasteiger charge is 2.12. The summed E-state index contributed by atoms with van der Waals surface area (Å²) in [6.07, 6.45) is 0. The van der Waals surface area contributed by atoms with Gasteiger partial charge in [-0.2, -0.15) is 0 Å². The molecule has 64 valence electrons. The van der Waals surface area contributed by atoms with Crippen LogP contribution in [0.25, 0.3) is 0 Å². The van der Waals surface area contributed by atoms with E-state index in [4.69, 9.17) is 46.4 Å². The van der Waals surface area contributed by atoms with E-state index in [1.54, 1.807) is 0 Å². The van der Waals surface area contributed by atoms with Crippen LogP contribution in [0.3, 0.4) is 0 Å². The molecule has 0 saturated carbocycles. The third-order valence-corrected chi connectivity index (χ3v) is 2.26. The second-order valence-corrected chi connectivity index (χ2v) is 3.34. The lowest BCUT2D eigenvalue weighted by Gasteiger charge is -1.99. The van der Waals surface area contributed by atoms with Gasteiger partial charge in [0.1, 0.15) is 10.3 Å². The molecule has 0 saturated heterocycles. The fourth-order valence-corrected chi connectivity index (χ4v) is 1.33. The average Bonchev–Trinajstić information content (AvgIpc) is 1.96. The van der Waals surface area contributed by atoms with Gasteiger partial charge in [0, 0.05) is 0 Å². The predicted octanol–water partition coefficient (Wildman–Crippen LogP) is 3.42. The van der Waals surface area contributed by atoms with E-state index in [9.17, 15) is 4.79 Å². The van der Waals surface area contributed by atoms with Crippen molar-refractivity contribution in [2.75, 3.05) is 0 Å². The van der Waals surface area contributed by atoms with Crippen LogP contribution < -0.4 is 0 Å². The normalized spacial score (nSPS) is 10.0. The van der Waals surface area contributed by atoms with Gasteiger partial charge < -0.3 is 0 Å². The molecular formula is C6HCl4NO. The van der Waals surface area contributed by atoms with Gasteiger partial charge in [-0.1, -0.05) is 34.8 Å². The van der Waals surface area contributed by atoms with Gasteiger partial charge in [0.15, 0.2) is 0 Å². The number of aromatic nitrogens is 1. The van der Waals surface area contributed by atoms with Crippen molar-refractivity contribution in [3.8, 4) is 0 Å². The molecule has 0 radical (unpaired) electrons. The van der Waals surface area contributed by atoms with Crippen LogP contribution in [-0.4, -0.2) is 10.2 Å². The van der Waals surface area contributed by atoms with Gasteiger partial charge in [0.2, 0.25) is 0 Å². The molecule has 0 fully saturated rings. The molecule has 0 amide bonds. The summed E-state index contributed by atoms with van der Waals surface area (Å²) < 4.78 is 0. The third kappa shape index (κ3) is 2.02. The molecule has 12 heavy (non-hydrogen) atoms. The molecule has 1 aromatic rings. The van der Waals surface area contributed by atoms with Gasteiger partial charge >= 0.3 is 0 Å². The lowest BCUT2D eigenvalue weighted by molar-refractivity contribution is 0.108. The highest BCUT2D eigenvalue weighted by Crippen LogP contribution is 2.26. The second-order valence-electron chi connectivity index (χ2n) is 1.87. The first kappa shape index (κ1) is 10.1. The van der Waals surface area contributed by atoms with Gasteiger partial charge in [-0.3, -0.25) is 4.79 Å². The van der Waals surface area contributed by atoms with Crippen LogP contribution in [0.2, 0.25) is 15.3 Å². The van der Waals surface area contributed by atoms with Crippen molar-refractivity contribution in [1.82, 2.24) is 4.98 Å². The Morgan fingerprint density at radius 1 is 1.25 bits per heavy atom. The molecule has 6 heteroatoms. The van der Waals surface area contributed by atoms with Crippen LogP contribution in [0, 0.1) is 0 Å². The van der Waals surface area contributed by atoms with Gasteiger partial charge in [-0.25, -0.2) is 4.98 Å². The van der Waals surface area contributed by atoms with E-state index in [1.165, 1.54) is 6.07 Å². The summed E-state index contributed by atoms with van der Waals surface area (Å²) in [5, 5.41) is -0.580. The van der Waals surface area contributed by atoms with Crippen LogP contribution in [0.15, 0.2) is 6.07 Å². The smallest absolute Gasteiger partial charge is 0.255 e. The minimum atomic E-state index is -0.717. The van der Waals surface area contributed by atoms with E-state index in [2.05, 4.69) is 4.98 Å². The molecule has 0 atom stereocenters. The van der Waals surface area contributed by atoms with Crippen molar-refractivity contribution >= 4 is 51.6 Å². The molecule has 0 aliphatic rings. The predicted molar refractivity (Wildman–Crippen MR) is 49.5 cm³/mol. The number of hydrogen-bond acceptors (Lipinski definition) is 2. The lowest BCUT2D eigenvalue weighted by atomic mass is 10.3. The summed E-state index contributed by atoms with van der Waals surface area (Å²) in [6.45, 7) is 0. The summed E-state index contributed by atoms with van der Waals surface area (Å²) in [7, 11) is 0. The number of nitrogens with zero attached hydrogens (tertiary/aromatic N) is 1. The molecule has 0 bridgehead atoms. The number of carbonyl (C=O) groups is 1. The Morgan fingerprint density at radius 2 is 1.83 bits per heavy atom. The van der Waals surface area contributed by atoms with Crippen molar-refractivity contribution in [2.45, 2.75) is 0 Å². The summed E-state index contributed by atoms with van der Waals surface area (Å²) in [4.78, 5) is 14.3. The standard InChI is InChI=1S/C6HCl4NO/c7-3-1-2(6(10)12)4(8)11-5(3)9/h1H. The first-order valence-corrected chi connectivity index (χ1v) is 4.25. The molecule has 0 spiro atoms. The van der Waals surface area contributed by atoms with Crippen molar-refractivity contribution in [3.63, 3.8) is 0 Å². The molecule has 2 nitrogen and oxygen atoms in total. The molecule has 0 aromatic carbocycles. The average molecular weight is 245 g/mol. The number of halogens is 4. The number of hydrogen-bond donors (Lipinski definition) is 0. The molecule has 1 aromatic heterocycles. The summed E-state index contributed by atoms with van der Waals surface area (Å²) in [6, 6.07) is 1.27. The fraction of sp³-hybridized carbons (Fsp3) is 0. The fourth-order valence-electron chi connectivity index (χ4n) is 0.583. The highest BCUT2D eigenvalue weighted by atomic mass is 35.5. The number of pyridine rings is 1. The second kappa shape index (κ2) is 3.79. The van der Waals surface area contributed by atoms with Crippen molar-refractivity contribution in [2.24, 2.45) is 0 Å². The van der Waals surface area contributed by atoms with E-state index in [-0.39, 0.29) is 20.9 Å². The molecule has 1 rings (SSSR count). The summed E-state index contributed by atoms with van der Waals surface area (Å²) in [5.74, 6) is 0. The monoisotopic (exact) mass is 243 g/mol. The lowest BCUT2D eigenvalue weighted by Crippen LogP contribution is -1.93. The molecule has 1 heterocycles. The Morgan fingerprint density at radius 3 is 2.33 bits per heavy atom. The van der Waals surface area contributed by atoms with E-state index in [1.807, 2.05) is 0 Å². The maximum absolute atomic E-state index is 10.7. The van der Waals surface area contributed by atoms with Gasteiger partial charge in [0.25, 0.3) is 5.24 Å². The Balaban J connectivity index is 3.33. The molecule has 0 N–H and O–H groups in total. The Hall–Kier alpha value is -0.0200. The zero-order valence-electron chi connectivity index (χ0n) is 5.44. The quantitative estimate of drug-likeness (QED) is 0.560. The van der Waals surface area contributed by atoms with Gasteiger partial charge in [-0.15, -0.1) is 0 Å². The van der Waals surface area contributed by atoms with Crippen LogP contribution in [0.5, 0.6) is 0 Å². The van der Waals surface area contributed by atoms with Crippen LogP contribution >= 0.6 is 46.4 Å². The number of carbonyl (C=O) groups excluding carboxylic acids is 1. The largest absolute Gasteiger partial charge is 0.275 e. The molecule has 0 unspecified atom stereocenters. The maximum atomic E-state index is 10.7. The highest BCUT2D eigenvalue weighted by molar-refractivity contribution is 6.68. The Kier molecular flexibility index (Phi) is 3.18. The number of rotatable bonds is 1. The Labute approximate surface area is 88.4 Å². The van der Waals surface area contributed by atoms with E-state index < -0.39 is 5.24 Å². The SMILES string of the molecule is O=C(Cl)c1cc(Cl)c(Cl)nc1Cl. The van der Waals surface area contributed by atoms with Crippen LogP contribution in [-0.2, 0) is 0 Å². The van der Waals surface area contributed by atoms with Gasteiger partial charge in [-0.05, 0) is 17.7 Å². The zero-order chi connectivity index (χ0) is 9.30. The van der Waals surface area contributed by atoms with Crippen molar-refractivity contribution < 1.29 is 4.79 Å². The van der Waals surface area contributed by atoms with E-state index in [0.29, 0.717) is 0 Å².